The molecule has 0 atom stereocenters. The van der Waals surface area contributed by atoms with Crippen LogP contribution in [0.15, 0.2) is 36.4 Å². The quantitative estimate of drug-likeness (QED) is 0.842. The third-order valence-electron chi connectivity index (χ3n) is 2.59. The normalized spacial score (nSPS) is 10.8. The van der Waals surface area contributed by atoms with E-state index in [0.29, 0.717) is 0 Å². The lowest BCUT2D eigenvalue weighted by Gasteiger charge is -2.07. The predicted octanol–water partition coefficient (Wildman–Crippen LogP) is 3.38. The summed E-state index contributed by atoms with van der Waals surface area (Å²) < 4.78 is 0. The van der Waals surface area contributed by atoms with Crippen LogP contribution in [0.2, 0.25) is 5.02 Å². The van der Waals surface area contributed by atoms with Crippen molar-refractivity contribution in [2.45, 2.75) is 12.8 Å². The number of hydrogen-bond donors (Lipinski definition) is 1. The summed E-state index contributed by atoms with van der Waals surface area (Å²) in [5.41, 5.74) is 6.82. The maximum absolute atomic E-state index is 6.21. The number of aryl methyl sites for hydroxylation is 1. The van der Waals surface area contributed by atoms with Crippen LogP contribution in [0.1, 0.15) is 12.0 Å². The van der Waals surface area contributed by atoms with E-state index in [1.54, 1.807) is 0 Å². The summed E-state index contributed by atoms with van der Waals surface area (Å²) in [6.45, 7) is 0.723. The van der Waals surface area contributed by atoms with Crippen molar-refractivity contribution in [1.82, 2.24) is 0 Å². The molecule has 0 aliphatic carbocycles. The van der Waals surface area contributed by atoms with Gasteiger partial charge in [-0.15, -0.1) is 0 Å². The Morgan fingerprint density at radius 3 is 2.53 bits per heavy atom. The average Bonchev–Trinajstić information content (AvgIpc) is 2.26. The summed E-state index contributed by atoms with van der Waals surface area (Å²) in [6.07, 6.45) is 2.00. The SMILES string of the molecule is NCCCc1cccc2cccc(Cl)c12. The lowest BCUT2D eigenvalue weighted by atomic mass is 10.0. The van der Waals surface area contributed by atoms with Gasteiger partial charge in [0, 0.05) is 10.4 Å². The van der Waals surface area contributed by atoms with Gasteiger partial charge in [-0.25, -0.2) is 0 Å². The third kappa shape index (κ3) is 2.14. The van der Waals surface area contributed by atoms with Gasteiger partial charge in [-0.1, -0.05) is 41.9 Å². The van der Waals surface area contributed by atoms with Gasteiger partial charge in [-0.2, -0.15) is 0 Å². The van der Waals surface area contributed by atoms with E-state index in [1.807, 2.05) is 12.1 Å². The van der Waals surface area contributed by atoms with Crippen molar-refractivity contribution in [1.29, 1.82) is 0 Å². The maximum Gasteiger partial charge on any atom is 0.0487 e. The Balaban J connectivity index is 2.53. The fourth-order valence-electron chi connectivity index (χ4n) is 1.87. The van der Waals surface area contributed by atoms with Gasteiger partial charge in [-0.3, -0.25) is 0 Å². The number of rotatable bonds is 3. The van der Waals surface area contributed by atoms with E-state index in [-0.39, 0.29) is 0 Å². The summed E-state index contributed by atoms with van der Waals surface area (Å²) in [5, 5.41) is 3.22. The van der Waals surface area contributed by atoms with Crippen LogP contribution in [0.25, 0.3) is 10.8 Å². The van der Waals surface area contributed by atoms with E-state index in [4.69, 9.17) is 17.3 Å². The maximum atomic E-state index is 6.21. The lowest BCUT2D eigenvalue weighted by molar-refractivity contribution is 0.837. The van der Waals surface area contributed by atoms with Crippen LogP contribution >= 0.6 is 11.6 Å². The van der Waals surface area contributed by atoms with Crippen molar-refractivity contribution < 1.29 is 0 Å². The number of fused-ring (bicyclic) bond motifs is 1. The van der Waals surface area contributed by atoms with Crippen molar-refractivity contribution in [3.8, 4) is 0 Å². The molecule has 2 N–H and O–H groups in total. The van der Waals surface area contributed by atoms with Crippen molar-refractivity contribution in [3.05, 3.63) is 47.0 Å². The molecule has 0 bridgehead atoms. The van der Waals surface area contributed by atoms with Crippen molar-refractivity contribution in [2.75, 3.05) is 6.54 Å². The van der Waals surface area contributed by atoms with Crippen molar-refractivity contribution in [2.24, 2.45) is 5.73 Å². The average molecular weight is 220 g/mol. The second-order valence-corrected chi connectivity index (χ2v) is 4.05. The van der Waals surface area contributed by atoms with Gasteiger partial charge in [0.05, 0.1) is 0 Å². The molecule has 1 nitrogen and oxygen atoms in total. The summed E-state index contributed by atoms with van der Waals surface area (Å²) in [4.78, 5) is 0. The van der Waals surface area contributed by atoms with Crippen LogP contribution in [0.4, 0.5) is 0 Å². The molecule has 0 aliphatic rings. The van der Waals surface area contributed by atoms with E-state index in [0.717, 1.165) is 24.4 Å². The number of nitrogens with two attached hydrogens (primary N) is 1. The molecule has 0 fully saturated rings. The van der Waals surface area contributed by atoms with E-state index in [9.17, 15) is 0 Å². The Morgan fingerprint density at radius 2 is 1.80 bits per heavy atom. The number of benzene rings is 2. The van der Waals surface area contributed by atoms with Gasteiger partial charge in [0.1, 0.15) is 0 Å². The van der Waals surface area contributed by atoms with Gasteiger partial charge < -0.3 is 5.73 Å². The molecule has 2 aromatic carbocycles. The molecule has 0 amide bonds. The highest BCUT2D eigenvalue weighted by Gasteiger charge is 2.03. The first kappa shape index (κ1) is 10.5. The second-order valence-electron chi connectivity index (χ2n) is 3.65. The lowest BCUT2D eigenvalue weighted by Crippen LogP contribution is -2.00. The molecule has 2 rings (SSSR count). The fourth-order valence-corrected chi connectivity index (χ4v) is 2.17. The van der Waals surface area contributed by atoms with E-state index < -0.39 is 0 Å². The molecule has 0 heterocycles. The molecule has 0 saturated carbocycles. The van der Waals surface area contributed by atoms with Crippen LogP contribution in [0, 0.1) is 0 Å². The molecule has 78 valence electrons. The zero-order valence-electron chi connectivity index (χ0n) is 8.54. The molecule has 2 aromatic rings. The van der Waals surface area contributed by atoms with Gasteiger partial charge in [0.25, 0.3) is 0 Å². The predicted molar refractivity (Wildman–Crippen MR) is 66.3 cm³/mol. The van der Waals surface area contributed by atoms with Crippen LogP contribution in [0.5, 0.6) is 0 Å². The van der Waals surface area contributed by atoms with Gasteiger partial charge in [0.2, 0.25) is 0 Å². The highest BCUT2D eigenvalue weighted by atomic mass is 35.5. The topological polar surface area (TPSA) is 26.0 Å². The zero-order chi connectivity index (χ0) is 10.7. The van der Waals surface area contributed by atoms with Crippen LogP contribution in [-0.2, 0) is 6.42 Å². The molecule has 0 aliphatic heterocycles. The first-order chi connectivity index (χ1) is 7.33. The summed E-state index contributed by atoms with van der Waals surface area (Å²) >= 11 is 6.21. The molecule has 15 heavy (non-hydrogen) atoms. The molecule has 0 saturated heterocycles. The van der Waals surface area contributed by atoms with Crippen LogP contribution in [-0.4, -0.2) is 6.54 Å². The summed E-state index contributed by atoms with van der Waals surface area (Å²) in [5.74, 6) is 0. The molecular weight excluding hydrogens is 206 g/mol. The molecule has 0 aromatic heterocycles. The monoisotopic (exact) mass is 219 g/mol. The van der Waals surface area contributed by atoms with E-state index >= 15 is 0 Å². The molecule has 0 unspecified atom stereocenters. The number of hydrogen-bond acceptors (Lipinski definition) is 1. The molecule has 0 spiro atoms. The third-order valence-corrected chi connectivity index (χ3v) is 2.91. The Morgan fingerprint density at radius 1 is 1.07 bits per heavy atom. The summed E-state index contributed by atoms with van der Waals surface area (Å²) in [7, 11) is 0. The first-order valence-corrected chi connectivity index (χ1v) is 5.57. The number of halogens is 1. The summed E-state index contributed by atoms with van der Waals surface area (Å²) in [6, 6.07) is 12.3. The van der Waals surface area contributed by atoms with Gasteiger partial charge in [-0.05, 0) is 36.4 Å². The largest absolute Gasteiger partial charge is 0.330 e. The Bertz CT molecular complexity index is 460. The van der Waals surface area contributed by atoms with Gasteiger partial charge >= 0.3 is 0 Å². The van der Waals surface area contributed by atoms with Crippen LogP contribution < -0.4 is 5.73 Å². The van der Waals surface area contributed by atoms with E-state index in [1.165, 1.54) is 16.3 Å². The smallest absolute Gasteiger partial charge is 0.0487 e. The molecular formula is C13H14ClN. The minimum absolute atomic E-state index is 0.723. The molecule has 0 radical (unpaired) electrons. The van der Waals surface area contributed by atoms with Crippen molar-refractivity contribution >= 4 is 22.4 Å². The minimum atomic E-state index is 0.723. The first-order valence-electron chi connectivity index (χ1n) is 5.19. The standard InChI is InChI=1S/C13H14ClN/c14-12-8-2-6-10-4-1-5-11(13(10)12)7-3-9-15/h1-2,4-6,8H,3,7,9,15H2. The Hall–Kier alpha value is -1.05. The highest BCUT2D eigenvalue weighted by Crippen LogP contribution is 2.27. The molecule has 2 heteroatoms. The van der Waals surface area contributed by atoms with Gasteiger partial charge in [0.15, 0.2) is 0 Å². The Kier molecular flexibility index (Phi) is 3.24. The van der Waals surface area contributed by atoms with E-state index in [2.05, 4.69) is 24.3 Å². The zero-order valence-corrected chi connectivity index (χ0v) is 9.30. The fraction of sp³-hybridized carbons (Fsp3) is 0.231. The second kappa shape index (κ2) is 4.65. The Labute approximate surface area is 94.9 Å². The highest BCUT2D eigenvalue weighted by molar-refractivity contribution is 6.35. The van der Waals surface area contributed by atoms with Crippen LogP contribution in [0.3, 0.4) is 0 Å². The minimum Gasteiger partial charge on any atom is -0.330 e. The van der Waals surface area contributed by atoms with Crippen molar-refractivity contribution in [3.63, 3.8) is 0 Å².